The molecule has 3 rings (SSSR count). The first-order valence-corrected chi connectivity index (χ1v) is 10.1. The van der Waals surface area contributed by atoms with Gasteiger partial charge in [-0.2, -0.15) is 10.2 Å². The molecule has 3 aromatic heterocycles. The average Bonchev–Trinajstić information content (AvgIpc) is 3.31. The van der Waals surface area contributed by atoms with Gasteiger partial charge in [0.1, 0.15) is 5.76 Å². The van der Waals surface area contributed by atoms with Crippen LogP contribution < -0.4 is 0 Å². The maximum Gasteiger partial charge on any atom is 0.289 e. The van der Waals surface area contributed by atoms with Crippen LogP contribution in [-0.2, 0) is 19.6 Å². The Balaban J connectivity index is 1.73. The second-order valence-corrected chi connectivity index (χ2v) is 7.83. The lowest BCUT2D eigenvalue weighted by atomic mass is 10.2. The zero-order valence-electron chi connectivity index (χ0n) is 17.2. The van der Waals surface area contributed by atoms with Crippen molar-refractivity contribution >= 4 is 21.8 Å². The Morgan fingerprint density at radius 3 is 2.36 bits per heavy atom. The van der Waals surface area contributed by atoms with Gasteiger partial charge >= 0.3 is 0 Å². The summed E-state index contributed by atoms with van der Waals surface area (Å²) in [5.74, 6) is 0.876. The number of carbonyl (C=O) groups is 1. The van der Waals surface area contributed by atoms with Crippen LogP contribution in [0.1, 0.15) is 51.6 Å². The highest BCUT2D eigenvalue weighted by Crippen LogP contribution is 2.22. The molecule has 150 valence electrons. The number of aryl methyl sites for hydroxylation is 3. The first-order chi connectivity index (χ1) is 13.2. The van der Waals surface area contributed by atoms with E-state index in [0.29, 0.717) is 24.6 Å². The van der Waals surface area contributed by atoms with Crippen LogP contribution in [0.5, 0.6) is 0 Å². The van der Waals surface area contributed by atoms with Crippen molar-refractivity contribution in [3.05, 3.63) is 56.5 Å². The zero-order chi connectivity index (χ0) is 20.6. The number of aromatic nitrogens is 4. The Labute approximate surface area is 173 Å². The van der Waals surface area contributed by atoms with Crippen molar-refractivity contribution in [3.63, 3.8) is 0 Å². The molecule has 0 spiro atoms. The van der Waals surface area contributed by atoms with Gasteiger partial charge in [0, 0.05) is 31.4 Å². The third kappa shape index (κ3) is 3.78. The Bertz CT molecular complexity index is 1010. The number of halogens is 1. The summed E-state index contributed by atoms with van der Waals surface area (Å²) < 4.78 is 10.6. The Morgan fingerprint density at radius 2 is 1.79 bits per heavy atom. The van der Waals surface area contributed by atoms with Crippen molar-refractivity contribution < 1.29 is 9.21 Å². The molecule has 0 saturated carbocycles. The highest BCUT2D eigenvalue weighted by atomic mass is 79.9. The molecule has 0 radical (unpaired) electrons. The molecule has 0 aromatic carbocycles. The molecule has 0 aliphatic carbocycles. The fourth-order valence-electron chi connectivity index (χ4n) is 3.32. The highest BCUT2D eigenvalue weighted by Gasteiger charge is 2.20. The first-order valence-electron chi connectivity index (χ1n) is 9.29. The van der Waals surface area contributed by atoms with E-state index in [1.807, 2.05) is 43.1 Å². The molecule has 0 N–H and O–H groups in total. The van der Waals surface area contributed by atoms with Crippen molar-refractivity contribution in [1.82, 2.24) is 24.5 Å². The molecule has 3 heterocycles. The van der Waals surface area contributed by atoms with Crippen LogP contribution in [0.3, 0.4) is 0 Å². The topological polar surface area (TPSA) is 69.1 Å². The van der Waals surface area contributed by atoms with Crippen LogP contribution in [0, 0.1) is 27.7 Å². The minimum absolute atomic E-state index is 0.149. The largest absolute Gasteiger partial charge is 0.454 e. The van der Waals surface area contributed by atoms with Gasteiger partial charge in [-0.05, 0) is 62.7 Å². The number of hydrogen-bond donors (Lipinski definition) is 0. The fourth-order valence-corrected chi connectivity index (χ4v) is 3.61. The van der Waals surface area contributed by atoms with Gasteiger partial charge in [-0.15, -0.1) is 0 Å². The van der Waals surface area contributed by atoms with E-state index >= 15 is 0 Å². The molecule has 1 amide bonds. The monoisotopic (exact) mass is 447 g/mol. The van der Waals surface area contributed by atoms with Gasteiger partial charge in [0.15, 0.2) is 5.76 Å². The van der Waals surface area contributed by atoms with Gasteiger partial charge in [-0.1, -0.05) is 0 Å². The van der Waals surface area contributed by atoms with Crippen LogP contribution in [0.15, 0.2) is 21.0 Å². The van der Waals surface area contributed by atoms with E-state index in [9.17, 15) is 4.79 Å². The number of furan rings is 1. The number of carbonyl (C=O) groups excluding carboxylic acids is 1. The average molecular weight is 448 g/mol. The molecular weight excluding hydrogens is 422 g/mol. The van der Waals surface area contributed by atoms with Gasteiger partial charge < -0.3 is 9.32 Å². The zero-order valence-corrected chi connectivity index (χ0v) is 18.8. The molecule has 3 aromatic rings. The third-order valence-electron chi connectivity index (χ3n) is 5.04. The minimum Gasteiger partial charge on any atom is -0.454 e. The van der Waals surface area contributed by atoms with E-state index in [1.165, 1.54) is 0 Å². The summed E-state index contributed by atoms with van der Waals surface area (Å²) in [7, 11) is 1.78. The lowest BCUT2D eigenvalue weighted by molar-refractivity contribution is 0.0751. The van der Waals surface area contributed by atoms with E-state index < -0.39 is 0 Å². The van der Waals surface area contributed by atoms with Crippen molar-refractivity contribution in [2.75, 3.05) is 7.05 Å². The fraction of sp³-hybridized carbons (Fsp3) is 0.450. The van der Waals surface area contributed by atoms with Crippen molar-refractivity contribution in [2.24, 2.45) is 0 Å². The molecule has 0 fully saturated rings. The van der Waals surface area contributed by atoms with E-state index in [-0.39, 0.29) is 5.91 Å². The van der Waals surface area contributed by atoms with Crippen LogP contribution >= 0.6 is 15.9 Å². The molecule has 0 bridgehead atoms. The maximum atomic E-state index is 12.8. The number of hydrogen-bond acceptors (Lipinski definition) is 4. The minimum atomic E-state index is -0.149. The predicted octanol–water partition coefficient (Wildman–Crippen LogP) is 4.01. The predicted molar refractivity (Wildman–Crippen MR) is 110 cm³/mol. The summed E-state index contributed by atoms with van der Waals surface area (Å²) in [5, 5.41) is 9.01. The molecule has 0 aliphatic rings. The van der Waals surface area contributed by atoms with Gasteiger partial charge in [0.25, 0.3) is 5.91 Å². The molecule has 0 atom stereocenters. The van der Waals surface area contributed by atoms with Gasteiger partial charge in [-0.25, -0.2) is 0 Å². The summed E-state index contributed by atoms with van der Waals surface area (Å²) in [5.41, 5.74) is 5.08. The number of nitrogens with zero attached hydrogens (tertiary/aromatic N) is 5. The summed E-state index contributed by atoms with van der Waals surface area (Å²) in [4.78, 5) is 14.5. The number of rotatable bonds is 6. The smallest absolute Gasteiger partial charge is 0.289 e. The summed E-state index contributed by atoms with van der Waals surface area (Å²) >= 11 is 3.53. The Morgan fingerprint density at radius 1 is 1.11 bits per heavy atom. The maximum absolute atomic E-state index is 12.8. The lowest BCUT2D eigenvalue weighted by Crippen LogP contribution is -2.26. The third-order valence-corrected chi connectivity index (χ3v) is 6.19. The summed E-state index contributed by atoms with van der Waals surface area (Å²) in [6, 6.07) is 3.56. The molecule has 7 nitrogen and oxygen atoms in total. The second kappa shape index (κ2) is 7.95. The van der Waals surface area contributed by atoms with Gasteiger partial charge in [-0.3, -0.25) is 14.2 Å². The first kappa shape index (κ1) is 20.4. The normalized spacial score (nSPS) is 11.2. The van der Waals surface area contributed by atoms with Crippen molar-refractivity contribution in [3.8, 4) is 0 Å². The molecule has 0 unspecified atom stereocenters. The molecule has 0 saturated heterocycles. The van der Waals surface area contributed by atoms with Gasteiger partial charge in [0.05, 0.1) is 28.1 Å². The van der Waals surface area contributed by atoms with E-state index in [1.54, 1.807) is 18.0 Å². The van der Waals surface area contributed by atoms with Crippen molar-refractivity contribution in [2.45, 2.75) is 54.3 Å². The quantitative estimate of drug-likeness (QED) is 0.572. The van der Waals surface area contributed by atoms with Crippen LogP contribution in [0.4, 0.5) is 0 Å². The van der Waals surface area contributed by atoms with E-state index in [0.717, 1.165) is 39.4 Å². The van der Waals surface area contributed by atoms with Crippen LogP contribution in [0.25, 0.3) is 0 Å². The van der Waals surface area contributed by atoms with Crippen molar-refractivity contribution in [1.29, 1.82) is 0 Å². The Hall–Kier alpha value is -2.35. The van der Waals surface area contributed by atoms with Crippen LogP contribution in [0.2, 0.25) is 0 Å². The Kier molecular flexibility index (Phi) is 5.79. The standard InChI is InChI=1S/C20H26BrN5O2/c1-7-25-14(4)17(12(2)22-25)11-24(6)20(27)18-9-8-16(28-18)10-26-15(5)19(21)13(3)23-26/h8-9H,7,10-11H2,1-6H3. The van der Waals surface area contributed by atoms with E-state index in [4.69, 9.17) is 4.42 Å². The molecule has 28 heavy (non-hydrogen) atoms. The molecule has 0 aliphatic heterocycles. The highest BCUT2D eigenvalue weighted by molar-refractivity contribution is 9.10. The second-order valence-electron chi connectivity index (χ2n) is 7.03. The molecular formula is C20H26BrN5O2. The summed E-state index contributed by atoms with van der Waals surface area (Å²) in [6.45, 7) is 11.8. The lowest BCUT2D eigenvalue weighted by Gasteiger charge is -2.16. The van der Waals surface area contributed by atoms with Gasteiger partial charge in [0.2, 0.25) is 0 Å². The van der Waals surface area contributed by atoms with E-state index in [2.05, 4.69) is 33.1 Å². The SMILES string of the molecule is CCn1nc(C)c(CN(C)C(=O)c2ccc(Cn3nc(C)c(Br)c3C)o2)c1C. The molecule has 8 heteroatoms. The van der Waals surface area contributed by atoms with Crippen LogP contribution in [-0.4, -0.2) is 37.4 Å². The number of amides is 1. The summed E-state index contributed by atoms with van der Waals surface area (Å²) in [6.07, 6.45) is 0.